The summed E-state index contributed by atoms with van der Waals surface area (Å²) < 4.78 is 28.9. The summed E-state index contributed by atoms with van der Waals surface area (Å²) in [5.74, 6) is 1.08. The number of hydrogen-bond donors (Lipinski definition) is 0. The molecule has 2 aliphatic rings. The lowest BCUT2D eigenvalue weighted by Crippen LogP contribution is -2.39. The zero-order valence-corrected chi connectivity index (χ0v) is 24.3. The predicted molar refractivity (Wildman–Crippen MR) is 157 cm³/mol. The Balaban J connectivity index is 1.34. The molecule has 11 heteroatoms. The first-order chi connectivity index (χ1) is 20.9. The first-order valence-electron chi connectivity index (χ1n) is 13.4. The molecule has 0 saturated carbocycles. The molecule has 1 atom stereocenters. The lowest BCUT2D eigenvalue weighted by Gasteiger charge is -2.24. The number of nitrogens with zero attached hydrogens (tertiary/aromatic N) is 2. The van der Waals surface area contributed by atoms with Crippen molar-refractivity contribution in [3.05, 3.63) is 114 Å². The van der Waals surface area contributed by atoms with E-state index in [4.69, 9.17) is 23.7 Å². The van der Waals surface area contributed by atoms with Gasteiger partial charge in [0.2, 0.25) is 6.79 Å². The maximum absolute atomic E-state index is 13.9. The first kappa shape index (κ1) is 28.0. The average Bonchev–Trinajstić information content (AvgIpc) is 3.61. The standard InChI is InChI=1S/C32H26N2O8S/c1-4-39-31(37)27-18(2)33-32-34(28(27)21-9-14-24-25(16-21)41-17-40-24)29(35)26(43-32)15-19-5-10-23(11-6-19)42-30(36)20-7-12-22(38-3)13-8-20/h5-16,28H,4,17H2,1-3H3/b26-15-. The van der Waals surface area contributed by atoms with E-state index in [1.54, 1.807) is 93.8 Å². The largest absolute Gasteiger partial charge is 0.497 e. The van der Waals surface area contributed by atoms with Gasteiger partial charge in [0.15, 0.2) is 16.3 Å². The van der Waals surface area contributed by atoms with Crippen molar-refractivity contribution in [2.75, 3.05) is 20.5 Å². The fraction of sp³-hybridized carbons (Fsp3) is 0.188. The number of carbonyl (C=O) groups excluding carboxylic acids is 2. The van der Waals surface area contributed by atoms with Gasteiger partial charge in [-0.15, -0.1) is 0 Å². The van der Waals surface area contributed by atoms with E-state index in [9.17, 15) is 14.4 Å². The van der Waals surface area contributed by atoms with Crippen molar-refractivity contribution in [1.29, 1.82) is 0 Å². The van der Waals surface area contributed by atoms with Gasteiger partial charge in [0.25, 0.3) is 5.56 Å². The van der Waals surface area contributed by atoms with Gasteiger partial charge in [-0.1, -0.05) is 29.5 Å². The molecule has 0 amide bonds. The number of carbonyl (C=O) groups is 2. The molecule has 0 saturated heterocycles. The average molecular weight is 599 g/mol. The van der Waals surface area contributed by atoms with Crippen LogP contribution in [0, 0.1) is 0 Å². The molecule has 6 rings (SSSR count). The summed E-state index contributed by atoms with van der Waals surface area (Å²) in [6.07, 6.45) is 1.74. The van der Waals surface area contributed by atoms with Crippen LogP contribution >= 0.6 is 11.3 Å². The zero-order valence-electron chi connectivity index (χ0n) is 23.5. The highest BCUT2D eigenvalue weighted by Gasteiger charge is 2.34. The van der Waals surface area contributed by atoms with Crippen LogP contribution in [0.15, 0.2) is 87.8 Å². The van der Waals surface area contributed by atoms with E-state index >= 15 is 0 Å². The van der Waals surface area contributed by atoms with Crippen molar-refractivity contribution in [2.24, 2.45) is 4.99 Å². The third-order valence-electron chi connectivity index (χ3n) is 6.94. The highest BCUT2D eigenvalue weighted by atomic mass is 32.1. The number of benzene rings is 3. The molecule has 0 bridgehead atoms. The summed E-state index contributed by atoms with van der Waals surface area (Å²) in [5.41, 5.74) is 2.21. The van der Waals surface area contributed by atoms with Crippen LogP contribution < -0.4 is 33.8 Å². The van der Waals surface area contributed by atoms with E-state index in [1.165, 1.54) is 15.9 Å². The van der Waals surface area contributed by atoms with Gasteiger partial charge in [0.1, 0.15) is 11.5 Å². The van der Waals surface area contributed by atoms with Gasteiger partial charge in [-0.3, -0.25) is 9.36 Å². The van der Waals surface area contributed by atoms with E-state index in [2.05, 4.69) is 4.99 Å². The van der Waals surface area contributed by atoms with Crippen LogP contribution in [0.4, 0.5) is 0 Å². The number of hydrogen-bond acceptors (Lipinski definition) is 10. The normalized spacial score (nSPS) is 15.5. The summed E-state index contributed by atoms with van der Waals surface area (Å²) in [4.78, 5) is 44.6. The van der Waals surface area contributed by atoms with Gasteiger partial charge in [0.05, 0.1) is 41.1 Å². The van der Waals surface area contributed by atoms with Crippen LogP contribution in [0.25, 0.3) is 6.08 Å². The number of thiazole rings is 1. The SMILES string of the molecule is CCOC(=O)C1=C(C)N=c2s/c(=C\c3ccc(OC(=O)c4ccc(OC)cc4)cc3)c(=O)n2C1c1ccc2c(c1)OCO2. The number of methoxy groups -OCH3 is 1. The van der Waals surface area contributed by atoms with E-state index in [1.807, 2.05) is 0 Å². The molecular weight excluding hydrogens is 572 g/mol. The highest BCUT2D eigenvalue weighted by Crippen LogP contribution is 2.38. The molecule has 0 radical (unpaired) electrons. The Morgan fingerprint density at radius 3 is 2.44 bits per heavy atom. The molecule has 3 aromatic carbocycles. The molecule has 0 N–H and O–H groups in total. The van der Waals surface area contributed by atoms with Crippen LogP contribution in [0.3, 0.4) is 0 Å². The molecule has 0 spiro atoms. The van der Waals surface area contributed by atoms with Crippen LogP contribution in [0.5, 0.6) is 23.0 Å². The monoisotopic (exact) mass is 598 g/mol. The molecule has 0 aliphatic carbocycles. The minimum absolute atomic E-state index is 0.0978. The maximum Gasteiger partial charge on any atom is 0.343 e. The van der Waals surface area contributed by atoms with E-state index in [0.29, 0.717) is 49.2 Å². The molecule has 0 fully saturated rings. The number of aromatic nitrogens is 1. The molecule has 3 heterocycles. The van der Waals surface area contributed by atoms with E-state index in [-0.39, 0.29) is 24.5 Å². The highest BCUT2D eigenvalue weighted by molar-refractivity contribution is 7.07. The molecule has 1 aromatic heterocycles. The predicted octanol–water partition coefficient (Wildman–Crippen LogP) is 3.75. The second-order valence-electron chi connectivity index (χ2n) is 9.60. The van der Waals surface area contributed by atoms with Crippen molar-refractivity contribution < 1.29 is 33.3 Å². The third-order valence-corrected chi connectivity index (χ3v) is 7.93. The third kappa shape index (κ3) is 5.42. The summed E-state index contributed by atoms with van der Waals surface area (Å²) >= 11 is 1.22. The summed E-state index contributed by atoms with van der Waals surface area (Å²) in [7, 11) is 1.55. The number of ether oxygens (including phenoxy) is 5. The fourth-order valence-corrected chi connectivity index (χ4v) is 5.91. The van der Waals surface area contributed by atoms with Gasteiger partial charge in [-0.05, 0) is 79.6 Å². The van der Waals surface area contributed by atoms with Gasteiger partial charge in [-0.2, -0.15) is 0 Å². The Morgan fingerprint density at radius 1 is 1.00 bits per heavy atom. The van der Waals surface area contributed by atoms with E-state index in [0.717, 1.165) is 5.56 Å². The smallest absolute Gasteiger partial charge is 0.343 e. The minimum atomic E-state index is -0.772. The van der Waals surface area contributed by atoms with Crippen molar-refractivity contribution in [1.82, 2.24) is 4.57 Å². The van der Waals surface area contributed by atoms with Crippen molar-refractivity contribution in [2.45, 2.75) is 19.9 Å². The Hall–Kier alpha value is -5.16. The van der Waals surface area contributed by atoms with Crippen LogP contribution in [0.2, 0.25) is 0 Å². The molecule has 43 heavy (non-hydrogen) atoms. The molecule has 218 valence electrons. The van der Waals surface area contributed by atoms with Gasteiger partial charge in [-0.25, -0.2) is 14.6 Å². The Labute approximate surface area is 249 Å². The Morgan fingerprint density at radius 2 is 1.72 bits per heavy atom. The number of rotatable bonds is 7. The van der Waals surface area contributed by atoms with Crippen LogP contribution in [0.1, 0.15) is 41.4 Å². The Kier molecular flexibility index (Phi) is 7.56. The zero-order chi connectivity index (χ0) is 30.1. The topological polar surface area (TPSA) is 115 Å². The number of allylic oxidation sites excluding steroid dienone is 1. The van der Waals surface area contributed by atoms with Crippen LogP contribution in [-0.4, -0.2) is 37.0 Å². The first-order valence-corrected chi connectivity index (χ1v) is 14.2. The van der Waals surface area contributed by atoms with Gasteiger partial charge < -0.3 is 23.7 Å². The van der Waals surface area contributed by atoms with Crippen molar-refractivity contribution >= 4 is 29.4 Å². The number of fused-ring (bicyclic) bond motifs is 2. The second-order valence-corrected chi connectivity index (χ2v) is 10.6. The quantitative estimate of drug-likeness (QED) is 0.234. The van der Waals surface area contributed by atoms with Crippen molar-refractivity contribution in [3.63, 3.8) is 0 Å². The summed E-state index contributed by atoms with van der Waals surface area (Å²) in [5, 5.41) is 0. The number of esters is 2. The van der Waals surface area contributed by atoms with Crippen molar-refractivity contribution in [3.8, 4) is 23.0 Å². The fourth-order valence-electron chi connectivity index (χ4n) is 4.87. The summed E-state index contributed by atoms with van der Waals surface area (Å²) in [6, 6.07) is 18.0. The lowest BCUT2D eigenvalue weighted by molar-refractivity contribution is -0.139. The molecule has 1 unspecified atom stereocenters. The molecule has 2 aliphatic heterocycles. The maximum atomic E-state index is 13.9. The summed E-state index contributed by atoms with van der Waals surface area (Å²) in [6.45, 7) is 3.74. The lowest BCUT2D eigenvalue weighted by atomic mass is 9.95. The molecular formula is C32H26N2O8S. The molecule has 4 aromatic rings. The minimum Gasteiger partial charge on any atom is -0.497 e. The Bertz CT molecular complexity index is 1940. The second kappa shape index (κ2) is 11.6. The molecule has 10 nitrogen and oxygen atoms in total. The van der Waals surface area contributed by atoms with E-state index < -0.39 is 18.0 Å². The van der Waals surface area contributed by atoms with Crippen LogP contribution in [-0.2, 0) is 9.53 Å². The van der Waals surface area contributed by atoms with Gasteiger partial charge >= 0.3 is 11.9 Å². The van der Waals surface area contributed by atoms with Gasteiger partial charge in [0, 0.05) is 0 Å².